The summed E-state index contributed by atoms with van der Waals surface area (Å²) in [6.45, 7) is 14.4. The van der Waals surface area contributed by atoms with Crippen LogP contribution in [0.5, 0.6) is 0 Å². The molecule has 2 bridgehead atoms. The van der Waals surface area contributed by atoms with Gasteiger partial charge in [-0.3, -0.25) is 9.59 Å². The quantitative estimate of drug-likeness (QED) is 0.194. The number of ketones is 1. The van der Waals surface area contributed by atoms with Crippen LogP contribution in [0.25, 0.3) is 0 Å². The molecule has 1 amide bonds. The number of nitrogens with zero attached hydrogens (tertiary/aromatic N) is 1. The van der Waals surface area contributed by atoms with E-state index in [1.54, 1.807) is 28.3 Å². The summed E-state index contributed by atoms with van der Waals surface area (Å²) in [6, 6.07) is -1.06. The van der Waals surface area contributed by atoms with E-state index in [0.29, 0.717) is 44.4 Å². The fourth-order valence-corrected chi connectivity index (χ4v) is 10.5. The summed E-state index contributed by atoms with van der Waals surface area (Å²) in [5.74, 6) is -5.45. The van der Waals surface area contributed by atoms with E-state index >= 15 is 0 Å². The molecule has 0 aromatic heterocycles. The van der Waals surface area contributed by atoms with E-state index in [2.05, 4.69) is 26.5 Å². The molecule has 12 heteroatoms. The van der Waals surface area contributed by atoms with E-state index in [0.717, 1.165) is 30.4 Å². The number of piperidine rings is 1. The maximum Gasteiger partial charge on any atom is 0.329 e. The van der Waals surface area contributed by atoms with Gasteiger partial charge in [0.15, 0.2) is 0 Å². The first kappa shape index (κ1) is 43.9. The third kappa shape index (κ3) is 9.42. The molecule has 1 unspecified atom stereocenters. The van der Waals surface area contributed by atoms with Crippen LogP contribution in [0.1, 0.15) is 105 Å². The van der Waals surface area contributed by atoms with Gasteiger partial charge in [0.25, 0.3) is 11.7 Å². The van der Waals surface area contributed by atoms with Gasteiger partial charge in [0, 0.05) is 39.7 Å². The molecule has 2 saturated carbocycles. The van der Waals surface area contributed by atoms with E-state index in [1.165, 1.54) is 4.90 Å². The Morgan fingerprint density at radius 2 is 1.60 bits per heavy atom. The van der Waals surface area contributed by atoms with Crippen molar-refractivity contribution < 1.29 is 53.4 Å². The third-order valence-corrected chi connectivity index (χ3v) is 13.9. The number of allylic oxidation sites excluding steroid dienone is 2. The first-order valence-corrected chi connectivity index (χ1v) is 20.9. The summed E-state index contributed by atoms with van der Waals surface area (Å²) in [7, 11) is 4.73. The van der Waals surface area contributed by atoms with Crippen LogP contribution in [-0.4, -0.2) is 120 Å². The van der Waals surface area contributed by atoms with Crippen molar-refractivity contribution in [2.45, 2.75) is 160 Å². The van der Waals surface area contributed by atoms with Crippen LogP contribution >= 0.6 is 0 Å². The zero-order valence-corrected chi connectivity index (χ0v) is 34.5. The number of cyclic esters (lactones) is 1. The van der Waals surface area contributed by atoms with Crippen molar-refractivity contribution in [3.05, 3.63) is 23.8 Å². The molecular formula is C43H69NO11. The predicted molar refractivity (Wildman–Crippen MR) is 205 cm³/mol. The normalized spacial score (nSPS) is 44.3. The highest BCUT2D eigenvalue weighted by Gasteiger charge is 2.57. The zero-order chi connectivity index (χ0) is 40.4. The molecule has 55 heavy (non-hydrogen) atoms. The van der Waals surface area contributed by atoms with E-state index < -0.39 is 77.9 Å². The van der Waals surface area contributed by atoms with Crippen LogP contribution in [-0.2, 0) is 38.1 Å². The van der Waals surface area contributed by atoms with Crippen molar-refractivity contribution in [3.63, 3.8) is 0 Å². The number of aliphatic hydroxyl groups is 3. The van der Waals surface area contributed by atoms with Crippen LogP contribution in [0.2, 0.25) is 0 Å². The van der Waals surface area contributed by atoms with Crippen molar-refractivity contribution >= 4 is 17.7 Å². The van der Waals surface area contributed by atoms with Gasteiger partial charge in [0.1, 0.15) is 18.2 Å². The van der Waals surface area contributed by atoms with E-state index in [-0.39, 0.29) is 49.2 Å². The Morgan fingerprint density at radius 1 is 0.927 bits per heavy atom. The number of carbonyl (C=O) groups is 3. The van der Waals surface area contributed by atoms with Gasteiger partial charge in [-0.2, -0.15) is 0 Å². The lowest BCUT2D eigenvalue weighted by Crippen LogP contribution is -2.64. The molecule has 5 fully saturated rings. The highest BCUT2D eigenvalue weighted by Crippen LogP contribution is 2.56. The molecule has 16 atom stereocenters. The van der Waals surface area contributed by atoms with Gasteiger partial charge in [-0.05, 0) is 106 Å². The highest BCUT2D eigenvalue weighted by atomic mass is 16.7. The number of fused-ring (bicyclic) bond motifs is 4. The molecule has 0 aromatic carbocycles. The van der Waals surface area contributed by atoms with Gasteiger partial charge in [0.05, 0.1) is 30.5 Å². The number of ether oxygens (including phenoxy) is 5. The minimum Gasteiger partial charge on any atom is -0.456 e. The maximum absolute atomic E-state index is 14.3. The summed E-state index contributed by atoms with van der Waals surface area (Å²) < 4.78 is 30.0. The van der Waals surface area contributed by atoms with E-state index in [9.17, 15) is 29.7 Å². The first-order chi connectivity index (χ1) is 26.1. The fraction of sp³-hybridized carbons (Fsp3) is 0.837. The molecule has 312 valence electrons. The molecule has 3 N–H and O–H groups in total. The molecule has 5 rings (SSSR count). The average molecular weight is 776 g/mol. The summed E-state index contributed by atoms with van der Waals surface area (Å²) in [6.07, 6.45) is 4.21. The molecule has 0 aromatic rings. The molecule has 0 radical (unpaired) electrons. The van der Waals surface area contributed by atoms with Crippen molar-refractivity contribution in [1.29, 1.82) is 0 Å². The fourth-order valence-electron chi connectivity index (χ4n) is 10.5. The second-order valence-electron chi connectivity index (χ2n) is 17.6. The lowest BCUT2D eigenvalue weighted by molar-refractivity contribution is -0.302. The SMILES string of the molecule is C=C1C[C@H](C)C[C@H](OC)[C@H]2O[C@@](O)(C(=O)C(=O)N3CCCC[C@H]3C(=O)OC(/C(C)=C/[C@@H]3CC[C@@H](O)[C@H](OC)C3)[C@H](C)[C@@H](O)C[C@H]3[C@H](CC)[C@@H]13)[C@H](C)C[C@@H]2OC. The number of carbonyl (C=O) groups excluding carboxylic acids is 3. The number of hydrogen-bond donors (Lipinski definition) is 3. The Balaban J connectivity index is 1.51. The van der Waals surface area contributed by atoms with Gasteiger partial charge in [0.2, 0.25) is 5.79 Å². The number of methoxy groups -OCH3 is 3. The van der Waals surface area contributed by atoms with Crippen LogP contribution in [0.15, 0.2) is 23.8 Å². The third-order valence-electron chi connectivity index (χ3n) is 13.9. The summed E-state index contributed by atoms with van der Waals surface area (Å²) in [5, 5.41) is 34.4. The molecule has 2 aliphatic carbocycles. The largest absolute Gasteiger partial charge is 0.456 e. The van der Waals surface area contributed by atoms with Gasteiger partial charge in [-0.25, -0.2) is 4.79 Å². The molecule has 0 spiro atoms. The van der Waals surface area contributed by atoms with Crippen molar-refractivity contribution in [3.8, 4) is 0 Å². The number of hydrogen-bond acceptors (Lipinski definition) is 11. The second-order valence-corrected chi connectivity index (χ2v) is 17.6. The maximum atomic E-state index is 14.3. The second kappa shape index (κ2) is 18.6. The molecule has 3 heterocycles. The monoisotopic (exact) mass is 775 g/mol. The van der Waals surface area contributed by atoms with Gasteiger partial charge >= 0.3 is 5.97 Å². The number of esters is 1. The van der Waals surface area contributed by atoms with E-state index in [4.69, 9.17) is 23.7 Å². The van der Waals surface area contributed by atoms with Crippen molar-refractivity contribution in [2.24, 2.45) is 41.4 Å². The minimum atomic E-state index is -2.46. The van der Waals surface area contributed by atoms with Crippen molar-refractivity contribution in [1.82, 2.24) is 4.90 Å². The molecule has 5 aliphatic rings. The lowest BCUT2D eigenvalue weighted by Gasteiger charge is -2.47. The highest BCUT2D eigenvalue weighted by molar-refractivity contribution is 6.39. The van der Waals surface area contributed by atoms with Crippen LogP contribution in [0, 0.1) is 41.4 Å². The zero-order valence-electron chi connectivity index (χ0n) is 34.5. The van der Waals surface area contributed by atoms with Crippen molar-refractivity contribution in [2.75, 3.05) is 27.9 Å². The smallest absolute Gasteiger partial charge is 0.329 e. The van der Waals surface area contributed by atoms with Crippen LogP contribution in [0.4, 0.5) is 0 Å². The average Bonchev–Trinajstić information content (AvgIpc) is 3.88. The Kier molecular flexibility index (Phi) is 14.9. The molecule has 3 aliphatic heterocycles. The van der Waals surface area contributed by atoms with Gasteiger partial charge in [-0.1, -0.05) is 52.3 Å². The molecule has 12 nitrogen and oxygen atoms in total. The standard InChI is InChI=1S/C43H69NO11/c1-10-29-30-22-33(46)27(6)38(25(4)19-28-14-15-32(45)34(21-28)51-7)54-42(49)31-13-11-12-16-44(31)41(48)40(47)43(50)26(5)20-36(53-9)39(55-43)35(52-8)18-23(2)17-24(3)37(29)30/h19,23,26-39,45-46,50H,3,10-18,20-22H2,1-2,4-9H3/b25-19+/t23-,26+,27+,28-,29-,30-,31-,32+,33-,34+,35-,36-,37+,38?,39+,43+/m0/s1. The summed E-state index contributed by atoms with van der Waals surface area (Å²) in [5.41, 5.74) is 1.90. The number of rotatable bonds is 6. The summed E-state index contributed by atoms with van der Waals surface area (Å²) >= 11 is 0. The topological polar surface area (TPSA) is 161 Å². The number of amides is 1. The Morgan fingerprint density at radius 3 is 2.25 bits per heavy atom. The van der Waals surface area contributed by atoms with Crippen LogP contribution < -0.4 is 0 Å². The number of aliphatic hydroxyl groups excluding tert-OH is 2. The van der Waals surface area contributed by atoms with Gasteiger partial charge in [-0.15, -0.1) is 0 Å². The minimum absolute atomic E-state index is 0.0721. The van der Waals surface area contributed by atoms with E-state index in [1.807, 2.05) is 13.8 Å². The predicted octanol–water partition coefficient (Wildman–Crippen LogP) is 4.76. The molecular weight excluding hydrogens is 706 g/mol. The van der Waals surface area contributed by atoms with Gasteiger partial charge < -0.3 is 43.9 Å². The number of Topliss-reactive ketones (excluding diaryl/α,β-unsaturated/α-hetero) is 1. The Labute approximate surface area is 328 Å². The summed E-state index contributed by atoms with van der Waals surface area (Å²) in [4.78, 5) is 44.0. The Hall–Kier alpha value is -2.19. The Bertz CT molecular complexity index is 1400. The van der Waals surface area contributed by atoms with Crippen LogP contribution in [0.3, 0.4) is 0 Å². The molecule has 3 saturated heterocycles. The first-order valence-electron chi connectivity index (χ1n) is 20.9. The lowest BCUT2D eigenvalue weighted by atomic mass is 9.81.